The first-order valence-corrected chi connectivity index (χ1v) is 10.5. The number of piperazine rings is 1. The van der Waals surface area contributed by atoms with Gasteiger partial charge < -0.3 is 10.0 Å². The molecule has 0 bridgehead atoms. The molecule has 1 atom stereocenters. The van der Waals surface area contributed by atoms with Gasteiger partial charge in [-0.25, -0.2) is 9.78 Å². The maximum atomic E-state index is 11.2. The van der Waals surface area contributed by atoms with Crippen LogP contribution in [0.4, 0.5) is 5.69 Å². The van der Waals surface area contributed by atoms with E-state index in [2.05, 4.69) is 51.2 Å². The summed E-state index contributed by atoms with van der Waals surface area (Å²) < 4.78 is 0. The third-order valence-corrected chi connectivity index (χ3v) is 6.29. The molecule has 1 unspecified atom stereocenters. The van der Waals surface area contributed by atoms with Crippen molar-refractivity contribution in [1.82, 2.24) is 9.88 Å². The summed E-state index contributed by atoms with van der Waals surface area (Å²) in [5.41, 5.74) is 5.83. The summed E-state index contributed by atoms with van der Waals surface area (Å²) >= 11 is 6.06. The molecule has 1 fully saturated rings. The van der Waals surface area contributed by atoms with E-state index in [0.717, 1.165) is 49.0 Å². The van der Waals surface area contributed by atoms with E-state index in [1.165, 1.54) is 16.7 Å². The first-order valence-electron chi connectivity index (χ1n) is 10.1. The lowest BCUT2D eigenvalue weighted by molar-refractivity contribution is 0.0690. The van der Waals surface area contributed by atoms with Gasteiger partial charge in [-0.15, -0.1) is 0 Å². The third kappa shape index (κ3) is 3.55. The Hall–Kier alpha value is -2.89. The molecule has 1 aromatic heterocycles. The molecule has 2 aliphatic heterocycles. The number of benzene rings is 2. The van der Waals surface area contributed by atoms with Gasteiger partial charge in [-0.05, 0) is 41.0 Å². The number of pyridine rings is 1. The normalized spacial score (nSPS) is 18.2. The van der Waals surface area contributed by atoms with Gasteiger partial charge in [0.1, 0.15) is 5.69 Å². The number of hydrogen-bond acceptors (Lipinski definition) is 4. The molecule has 1 saturated heterocycles. The van der Waals surface area contributed by atoms with Gasteiger partial charge in [0, 0.05) is 43.7 Å². The summed E-state index contributed by atoms with van der Waals surface area (Å²) in [5.74, 6) is -0.969. The average molecular weight is 420 g/mol. The van der Waals surface area contributed by atoms with Crippen LogP contribution in [-0.2, 0) is 13.0 Å². The second-order valence-electron chi connectivity index (χ2n) is 7.92. The van der Waals surface area contributed by atoms with Crippen LogP contribution in [0.2, 0.25) is 5.02 Å². The highest BCUT2D eigenvalue weighted by Crippen LogP contribution is 2.34. The lowest BCUT2D eigenvalue weighted by Gasteiger charge is -2.39. The minimum atomic E-state index is -0.969. The van der Waals surface area contributed by atoms with Crippen LogP contribution in [0.25, 0.3) is 11.1 Å². The zero-order chi connectivity index (χ0) is 20.7. The van der Waals surface area contributed by atoms with Gasteiger partial charge >= 0.3 is 5.97 Å². The molecule has 5 rings (SSSR count). The van der Waals surface area contributed by atoms with E-state index in [-0.39, 0.29) is 5.69 Å². The van der Waals surface area contributed by atoms with Crippen molar-refractivity contribution in [3.63, 3.8) is 0 Å². The molecule has 0 amide bonds. The molecule has 0 saturated carbocycles. The van der Waals surface area contributed by atoms with Gasteiger partial charge in [0.25, 0.3) is 0 Å². The molecule has 3 heterocycles. The summed E-state index contributed by atoms with van der Waals surface area (Å²) in [6.07, 6.45) is 0.797. The molecule has 0 aliphatic carbocycles. The topological polar surface area (TPSA) is 56.7 Å². The third-order valence-electron chi connectivity index (χ3n) is 6.04. The quantitative estimate of drug-likeness (QED) is 0.681. The molecule has 1 N–H and O–H groups in total. The van der Waals surface area contributed by atoms with E-state index in [1.807, 2.05) is 18.2 Å². The number of carbonyl (C=O) groups is 1. The Kier molecular flexibility index (Phi) is 4.93. The Morgan fingerprint density at radius 1 is 1.07 bits per heavy atom. The zero-order valence-electron chi connectivity index (χ0n) is 16.5. The molecule has 0 radical (unpaired) electrons. The molecule has 30 heavy (non-hydrogen) atoms. The summed E-state index contributed by atoms with van der Waals surface area (Å²) in [6.45, 7) is 3.71. The highest BCUT2D eigenvalue weighted by atomic mass is 35.5. The van der Waals surface area contributed by atoms with E-state index < -0.39 is 5.97 Å². The number of fused-ring (bicyclic) bond motifs is 3. The molecular formula is C24H22ClN3O2. The summed E-state index contributed by atoms with van der Waals surface area (Å²) in [5, 5.41) is 9.97. The summed E-state index contributed by atoms with van der Waals surface area (Å²) in [6, 6.07) is 20.4. The lowest BCUT2D eigenvalue weighted by atomic mass is 9.99. The van der Waals surface area contributed by atoms with E-state index in [0.29, 0.717) is 6.04 Å². The fourth-order valence-corrected chi connectivity index (χ4v) is 4.74. The predicted molar refractivity (Wildman–Crippen MR) is 118 cm³/mol. The van der Waals surface area contributed by atoms with Crippen LogP contribution in [0.15, 0.2) is 60.7 Å². The van der Waals surface area contributed by atoms with Gasteiger partial charge in [-0.2, -0.15) is 0 Å². The van der Waals surface area contributed by atoms with Gasteiger partial charge in [0.2, 0.25) is 0 Å². The number of aromatic carboxylic acids is 1. The smallest absolute Gasteiger partial charge is 0.354 e. The van der Waals surface area contributed by atoms with Crippen molar-refractivity contribution in [3.8, 4) is 11.1 Å². The van der Waals surface area contributed by atoms with Crippen molar-refractivity contribution in [3.05, 3.63) is 82.6 Å². The predicted octanol–water partition coefficient (Wildman–Crippen LogP) is 4.35. The average Bonchev–Trinajstić information content (AvgIpc) is 3.11. The van der Waals surface area contributed by atoms with Crippen LogP contribution in [0.5, 0.6) is 0 Å². The Labute approximate surface area is 180 Å². The van der Waals surface area contributed by atoms with Gasteiger partial charge in [0.05, 0.1) is 11.4 Å². The first kappa shape index (κ1) is 19.1. The molecule has 2 aliphatic rings. The second kappa shape index (κ2) is 7.74. The second-order valence-corrected chi connectivity index (χ2v) is 8.35. The fraction of sp³-hybridized carbons (Fsp3) is 0.250. The first-order chi connectivity index (χ1) is 14.6. The van der Waals surface area contributed by atoms with Crippen molar-refractivity contribution in [1.29, 1.82) is 0 Å². The Bertz CT molecular complexity index is 1100. The largest absolute Gasteiger partial charge is 0.477 e. The van der Waals surface area contributed by atoms with Crippen molar-refractivity contribution in [2.75, 3.05) is 24.5 Å². The number of hydrogen-bond donors (Lipinski definition) is 1. The number of carboxylic acids is 1. The number of halogens is 1. The maximum absolute atomic E-state index is 11.2. The zero-order valence-corrected chi connectivity index (χ0v) is 17.2. The van der Waals surface area contributed by atoms with E-state index in [9.17, 15) is 9.90 Å². The number of carboxylic acid groups (broad SMARTS) is 1. The van der Waals surface area contributed by atoms with E-state index in [4.69, 9.17) is 11.6 Å². The summed E-state index contributed by atoms with van der Waals surface area (Å²) in [4.78, 5) is 20.5. The van der Waals surface area contributed by atoms with Crippen LogP contribution in [-0.4, -0.2) is 46.6 Å². The molecule has 3 aromatic rings. The van der Waals surface area contributed by atoms with E-state index in [1.54, 1.807) is 6.07 Å². The van der Waals surface area contributed by atoms with Crippen LogP contribution in [0.3, 0.4) is 0 Å². The van der Waals surface area contributed by atoms with Gasteiger partial charge in [-0.3, -0.25) is 4.90 Å². The number of rotatable bonds is 4. The van der Waals surface area contributed by atoms with Crippen molar-refractivity contribution in [2.24, 2.45) is 0 Å². The molecule has 152 valence electrons. The number of nitrogens with zero attached hydrogens (tertiary/aromatic N) is 3. The van der Waals surface area contributed by atoms with Gasteiger partial charge in [-0.1, -0.05) is 48.0 Å². The molecule has 0 spiro atoms. The Morgan fingerprint density at radius 3 is 2.67 bits per heavy atom. The molecule has 6 heteroatoms. The SMILES string of the molecule is O=C(O)c1ccc2c(n1)CC1CN(Cc3ccccc3-c3ccc(Cl)cc3)CCN21. The summed E-state index contributed by atoms with van der Waals surface area (Å²) in [7, 11) is 0. The minimum Gasteiger partial charge on any atom is -0.477 e. The van der Waals surface area contributed by atoms with E-state index >= 15 is 0 Å². The Balaban J connectivity index is 1.33. The Morgan fingerprint density at radius 2 is 1.87 bits per heavy atom. The molecule has 5 nitrogen and oxygen atoms in total. The lowest BCUT2D eigenvalue weighted by Crippen LogP contribution is -2.51. The van der Waals surface area contributed by atoms with Crippen molar-refractivity contribution in [2.45, 2.75) is 19.0 Å². The van der Waals surface area contributed by atoms with Crippen molar-refractivity contribution >= 4 is 23.3 Å². The van der Waals surface area contributed by atoms with Gasteiger partial charge in [0.15, 0.2) is 0 Å². The highest BCUT2D eigenvalue weighted by molar-refractivity contribution is 6.30. The highest BCUT2D eigenvalue weighted by Gasteiger charge is 2.35. The number of anilines is 1. The van der Waals surface area contributed by atoms with Crippen LogP contribution >= 0.6 is 11.6 Å². The van der Waals surface area contributed by atoms with Crippen LogP contribution < -0.4 is 4.90 Å². The standard InChI is InChI=1S/C24H22ClN3O2/c25-18-7-5-16(6-8-18)20-4-2-1-3-17(20)14-27-11-12-28-19(15-27)13-22-23(28)10-9-21(26-22)24(29)30/h1-10,19H,11-15H2,(H,29,30). The monoisotopic (exact) mass is 419 g/mol. The van der Waals surface area contributed by atoms with Crippen LogP contribution in [0, 0.1) is 0 Å². The van der Waals surface area contributed by atoms with Crippen molar-refractivity contribution < 1.29 is 9.90 Å². The minimum absolute atomic E-state index is 0.127. The molecule has 2 aromatic carbocycles. The maximum Gasteiger partial charge on any atom is 0.354 e. The van der Waals surface area contributed by atoms with Crippen LogP contribution in [0.1, 0.15) is 21.7 Å². The fourth-order valence-electron chi connectivity index (χ4n) is 4.61. The number of aromatic nitrogens is 1. The molecular weight excluding hydrogens is 398 g/mol.